The van der Waals surface area contributed by atoms with E-state index >= 15 is 0 Å². The lowest BCUT2D eigenvalue weighted by atomic mass is 9.75. The number of hydrogen-bond donors (Lipinski definition) is 0. The molecule has 0 bridgehead atoms. The molecule has 0 radical (unpaired) electrons. The van der Waals surface area contributed by atoms with Crippen LogP contribution < -0.4 is 4.90 Å². The maximum atomic E-state index is 2.61. The number of allylic oxidation sites excluding steroid dienone is 7. The first-order chi connectivity index (χ1) is 18.1. The topological polar surface area (TPSA) is 8.17 Å². The van der Waals surface area contributed by atoms with Crippen molar-refractivity contribution in [1.29, 1.82) is 0 Å². The summed E-state index contributed by atoms with van der Waals surface area (Å²) < 4.78 is 2.52. The maximum Gasteiger partial charge on any atom is 0.0582 e. The van der Waals surface area contributed by atoms with E-state index in [-0.39, 0.29) is 5.41 Å². The van der Waals surface area contributed by atoms with Crippen LogP contribution in [0.3, 0.4) is 0 Å². The van der Waals surface area contributed by atoms with Crippen LogP contribution in [-0.4, -0.2) is 4.57 Å². The third kappa shape index (κ3) is 2.87. The lowest BCUT2D eigenvalue weighted by Crippen LogP contribution is -2.26. The van der Waals surface area contributed by atoms with Crippen molar-refractivity contribution in [3.05, 3.63) is 119 Å². The second-order valence-electron chi connectivity index (χ2n) is 11.6. The molecule has 0 amide bonds. The summed E-state index contributed by atoms with van der Waals surface area (Å²) in [6.07, 6.45) is 16.4. The Morgan fingerprint density at radius 3 is 2.51 bits per heavy atom. The van der Waals surface area contributed by atoms with E-state index in [1.807, 2.05) is 0 Å². The van der Waals surface area contributed by atoms with E-state index in [0.29, 0.717) is 0 Å². The van der Waals surface area contributed by atoms with Gasteiger partial charge in [-0.2, -0.15) is 0 Å². The SMILES string of the molecule is CC1(C)c2ccccc2-n2c3ccc(N4C5=C(CCC=C5)CCC5=C4CCC=C5)cc3c3cccc1c32. The second-order valence-corrected chi connectivity index (χ2v) is 11.6. The van der Waals surface area contributed by atoms with Gasteiger partial charge in [0.15, 0.2) is 0 Å². The average Bonchev–Trinajstić information content (AvgIpc) is 3.16. The fraction of sp³-hybridized carbons (Fsp3) is 0.257. The van der Waals surface area contributed by atoms with E-state index in [2.05, 4.69) is 108 Å². The van der Waals surface area contributed by atoms with Gasteiger partial charge in [0, 0.05) is 33.3 Å². The number of anilines is 1. The molecule has 2 aliphatic heterocycles. The zero-order valence-corrected chi connectivity index (χ0v) is 21.7. The molecule has 2 nitrogen and oxygen atoms in total. The second kappa shape index (κ2) is 7.61. The van der Waals surface area contributed by atoms with Gasteiger partial charge in [-0.25, -0.2) is 0 Å². The monoisotopic (exact) mass is 480 g/mol. The highest BCUT2D eigenvalue weighted by Gasteiger charge is 2.35. The van der Waals surface area contributed by atoms with E-state index in [1.165, 1.54) is 74.1 Å². The van der Waals surface area contributed by atoms with Crippen LogP contribution in [-0.2, 0) is 5.41 Å². The van der Waals surface area contributed by atoms with E-state index in [4.69, 9.17) is 0 Å². The molecule has 3 heterocycles. The molecule has 2 heteroatoms. The summed E-state index contributed by atoms with van der Waals surface area (Å²) in [5, 5.41) is 2.71. The van der Waals surface area contributed by atoms with Crippen LogP contribution in [0.2, 0.25) is 0 Å². The van der Waals surface area contributed by atoms with Gasteiger partial charge in [0.05, 0.1) is 16.7 Å². The molecule has 4 aliphatic rings. The zero-order valence-electron chi connectivity index (χ0n) is 21.7. The largest absolute Gasteiger partial charge is 0.314 e. The van der Waals surface area contributed by atoms with E-state index in [1.54, 1.807) is 5.57 Å². The van der Waals surface area contributed by atoms with E-state index in [0.717, 1.165) is 25.7 Å². The average molecular weight is 481 g/mol. The molecule has 0 saturated carbocycles. The number of para-hydroxylation sites is 2. The maximum absolute atomic E-state index is 2.61. The van der Waals surface area contributed by atoms with Gasteiger partial charge < -0.3 is 9.47 Å². The number of benzene rings is 3. The van der Waals surface area contributed by atoms with Gasteiger partial charge in [0.2, 0.25) is 0 Å². The van der Waals surface area contributed by atoms with Crippen LogP contribution in [0.4, 0.5) is 5.69 Å². The first-order valence-corrected chi connectivity index (χ1v) is 13.9. The van der Waals surface area contributed by atoms with Crippen LogP contribution >= 0.6 is 0 Å². The van der Waals surface area contributed by atoms with Gasteiger partial charge in [0.1, 0.15) is 0 Å². The Balaban J connectivity index is 1.43. The fourth-order valence-electron chi connectivity index (χ4n) is 7.39. The highest BCUT2D eigenvalue weighted by molar-refractivity contribution is 6.12. The summed E-state index contributed by atoms with van der Waals surface area (Å²) in [5.41, 5.74) is 14.1. The smallest absolute Gasteiger partial charge is 0.0582 e. The number of rotatable bonds is 1. The number of fused-ring (bicyclic) bond motifs is 5. The number of hydrogen-bond acceptors (Lipinski definition) is 1. The van der Waals surface area contributed by atoms with Crippen molar-refractivity contribution in [2.24, 2.45) is 0 Å². The molecular weight excluding hydrogens is 448 g/mol. The van der Waals surface area contributed by atoms with Gasteiger partial charge >= 0.3 is 0 Å². The lowest BCUT2D eigenvalue weighted by molar-refractivity contribution is 0.630. The first kappa shape index (κ1) is 21.3. The zero-order chi connectivity index (χ0) is 24.7. The molecule has 0 N–H and O–H groups in total. The first-order valence-electron chi connectivity index (χ1n) is 13.9. The van der Waals surface area contributed by atoms with Crippen LogP contribution in [0.15, 0.2) is 108 Å². The van der Waals surface area contributed by atoms with Gasteiger partial charge in [-0.1, -0.05) is 68.5 Å². The van der Waals surface area contributed by atoms with Gasteiger partial charge in [-0.3, -0.25) is 0 Å². The molecule has 1 aromatic heterocycles. The predicted molar refractivity (Wildman–Crippen MR) is 155 cm³/mol. The van der Waals surface area contributed by atoms with Crippen molar-refractivity contribution >= 4 is 27.5 Å². The third-order valence-electron chi connectivity index (χ3n) is 9.22. The van der Waals surface area contributed by atoms with Crippen molar-refractivity contribution in [3.63, 3.8) is 0 Å². The van der Waals surface area contributed by atoms with Crippen molar-refractivity contribution in [2.75, 3.05) is 4.90 Å². The molecule has 37 heavy (non-hydrogen) atoms. The molecule has 0 atom stereocenters. The summed E-state index contributed by atoms with van der Waals surface area (Å²) >= 11 is 0. The van der Waals surface area contributed by atoms with Crippen molar-refractivity contribution in [1.82, 2.24) is 4.57 Å². The minimum atomic E-state index is -0.0329. The highest BCUT2D eigenvalue weighted by atomic mass is 15.2. The number of aromatic nitrogens is 1. The van der Waals surface area contributed by atoms with Gasteiger partial charge in [-0.05, 0) is 91.1 Å². The standard InChI is InChI=1S/C35H32N2/c1-35(2)28-13-5-8-17-33(28)37-32-21-20-25(22-27(32)26-12-9-14-29(35)34(26)37)36-30-15-6-3-10-23(30)18-19-24-11-4-7-16-31(24)36/h3,5,7-10,12-14,16-17,20-22H,4,6,11,15,18-19H2,1-2H3. The highest BCUT2D eigenvalue weighted by Crippen LogP contribution is 2.48. The Morgan fingerprint density at radius 1 is 0.730 bits per heavy atom. The Labute approximate surface area is 218 Å². The quantitative estimate of drug-likeness (QED) is 0.264. The third-order valence-corrected chi connectivity index (χ3v) is 9.22. The summed E-state index contributed by atoms with van der Waals surface area (Å²) in [7, 11) is 0. The molecule has 0 fully saturated rings. The molecule has 0 saturated heterocycles. The summed E-state index contributed by atoms with van der Waals surface area (Å²) in [6.45, 7) is 4.75. The minimum absolute atomic E-state index is 0.0329. The Morgan fingerprint density at radius 2 is 1.57 bits per heavy atom. The summed E-state index contributed by atoms with van der Waals surface area (Å²) in [5.74, 6) is 0. The summed E-state index contributed by atoms with van der Waals surface area (Å²) in [6, 6.07) is 23.1. The van der Waals surface area contributed by atoms with Crippen LogP contribution in [0.5, 0.6) is 0 Å². The lowest BCUT2D eigenvalue weighted by Gasteiger charge is -2.34. The molecule has 182 valence electrons. The van der Waals surface area contributed by atoms with E-state index < -0.39 is 0 Å². The van der Waals surface area contributed by atoms with Crippen molar-refractivity contribution in [3.8, 4) is 5.69 Å². The molecular formula is C35H32N2. The molecule has 0 unspecified atom stereocenters. The van der Waals surface area contributed by atoms with Gasteiger partial charge in [0.25, 0.3) is 0 Å². The molecule has 2 aliphatic carbocycles. The van der Waals surface area contributed by atoms with Crippen molar-refractivity contribution < 1.29 is 0 Å². The number of nitrogens with zero attached hydrogens (tertiary/aromatic N) is 2. The Kier molecular flexibility index (Phi) is 4.39. The molecule has 3 aromatic carbocycles. The van der Waals surface area contributed by atoms with Crippen LogP contribution in [0.1, 0.15) is 63.5 Å². The van der Waals surface area contributed by atoms with Gasteiger partial charge in [-0.15, -0.1) is 0 Å². The normalized spacial score (nSPS) is 19.8. The van der Waals surface area contributed by atoms with E-state index in [9.17, 15) is 0 Å². The predicted octanol–water partition coefficient (Wildman–Crippen LogP) is 9.23. The summed E-state index contributed by atoms with van der Waals surface area (Å²) in [4.78, 5) is 2.61. The van der Waals surface area contributed by atoms with Crippen LogP contribution in [0, 0.1) is 0 Å². The van der Waals surface area contributed by atoms with Crippen molar-refractivity contribution in [2.45, 2.75) is 57.8 Å². The molecule has 4 aromatic rings. The minimum Gasteiger partial charge on any atom is -0.314 e. The molecule has 0 spiro atoms. The fourth-order valence-corrected chi connectivity index (χ4v) is 7.39. The Hall–Kier alpha value is -3.78. The Bertz CT molecular complexity index is 1750. The molecule has 8 rings (SSSR count). The van der Waals surface area contributed by atoms with Crippen LogP contribution in [0.25, 0.3) is 27.5 Å².